The van der Waals surface area contributed by atoms with Crippen LogP contribution in [0.5, 0.6) is 0 Å². The number of benzene rings is 1. The van der Waals surface area contributed by atoms with E-state index in [0.29, 0.717) is 40.8 Å². The summed E-state index contributed by atoms with van der Waals surface area (Å²) >= 11 is 12.0. The zero-order chi connectivity index (χ0) is 18.6. The summed E-state index contributed by atoms with van der Waals surface area (Å²) in [5, 5.41) is 8.29. The minimum atomic E-state index is -0.133. The summed E-state index contributed by atoms with van der Waals surface area (Å²) in [7, 11) is 0. The van der Waals surface area contributed by atoms with E-state index in [0.717, 1.165) is 11.3 Å². The lowest BCUT2D eigenvalue weighted by molar-refractivity contribution is 0.0654. The number of fused-ring (bicyclic) bond motifs is 3. The summed E-state index contributed by atoms with van der Waals surface area (Å²) in [6, 6.07) is 4.94. The number of hydrogen-bond acceptors (Lipinski definition) is 3. The molecule has 3 heterocycles. The molecule has 2 atom stereocenters. The molecule has 0 spiro atoms. The van der Waals surface area contributed by atoms with Gasteiger partial charge in [0.2, 0.25) is 0 Å². The fourth-order valence-corrected chi connectivity index (χ4v) is 3.90. The van der Waals surface area contributed by atoms with Gasteiger partial charge in [-0.3, -0.25) is 14.3 Å². The van der Waals surface area contributed by atoms with Crippen molar-refractivity contribution in [1.82, 2.24) is 20.0 Å². The molecule has 0 saturated carbocycles. The van der Waals surface area contributed by atoms with Gasteiger partial charge in [0.15, 0.2) is 0 Å². The first-order valence-electron chi connectivity index (χ1n) is 8.51. The highest BCUT2D eigenvalue weighted by Crippen LogP contribution is 2.31. The normalized spacial score (nSPS) is 21.8. The van der Waals surface area contributed by atoms with Gasteiger partial charge in [-0.05, 0) is 32.0 Å². The quantitative estimate of drug-likeness (QED) is 0.810. The number of amides is 2. The van der Waals surface area contributed by atoms with Crippen molar-refractivity contribution in [3.05, 3.63) is 50.8 Å². The van der Waals surface area contributed by atoms with Crippen LogP contribution in [0.2, 0.25) is 10.0 Å². The number of hydrogen-bond donors (Lipinski definition) is 1. The summed E-state index contributed by atoms with van der Waals surface area (Å²) in [6.45, 7) is 4.92. The first kappa shape index (κ1) is 17.4. The average Bonchev–Trinajstić information content (AvgIpc) is 2.98. The minimum Gasteiger partial charge on any atom is -0.349 e. The molecule has 1 N–H and O–H groups in total. The molecule has 2 aromatic rings. The predicted molar refractivity (Wildman–Crippen MR) is 98.8 cm³/mol. The third-order valence-corrected chi connectivity index (χ3v) is 5.80. The van der Waals surface area contributed by atoms with E-state index in [1.165, 1.54) is 0 Å². The largest absolute Gasteiger partial charge is 0.349 e. The fraction of sp³-hybridized carbons (Fsp3) is 0.389. The standard InChI is InChI=1S/C18H18Cl2N4O2/c1-9-5-15-12(16-17(25)21-7-10(2)24(16)22-15)8-23(9)18(26)11-3-4-13(19)14(20)6-11/h3-4,6,9-10H,5,7-8H2,1-2H3,(H,21,25)/t9-,10-/m1/s1. The maximum atomic E-state index is 13.0. The molecule has 8 heteroatoms. The van der Waals surface area contributed by atoms with E-state index in [9.17, 15) is 9.59 Å². The molecular weight excluding hydrogens is 375 g/mol. The van der Waals surface area contributed by atoms with Gasteiger partial charge in [0.05, 0.1) is 28.3 Å². The summed E-state index contributed by atoms with van der Waals surface area (Å²) in [5.74, 6) is -0.265. The maximum Gasteiger partial charge on any atom is 0.270 e. The van der Waals surface area contributed by atoms with Crippen LogP contribution in [0.25, 0.3) is 0 Å². The van der Waals surface area contributed by atoms with Crippen molar-refractivity contribution in [2.75, 3.05) is 6.54 Å². The van der Waals surface area contributed by atoms with Crippen LogP contribution in [0.4, 0.5) is 0 Å². The number of nitrogens with zero attached hydrogens (tertiary/aromatic N) is 3. The first-order valence-corrected chi connectivity index (χ1v) is 9.27. The molecule has 2 amide bonds. The van der Waals surface area contributed by atoms with Gasteiger partial charge in [-0.2, -0.15) is 5.10 Å². The van der Waals surface area contributed by atoms with Crippen LogP contribution in [0.3, 0.4) is 0 Å². The van der Waals surface area contributed by atoms with Crippen molar-refractivity contribution in [2.45, 2.75) is 38.9 Å². The molecule has 2 aliphatic heterocycles. The lowest BCUT2D eigenvalue weighted by atomic mass is 9.97. The van der Waals surface area contributed by atoms with Crippen LogP contribution in [0, 0.1) is 0 Å². The van der Waals surface area contributed by atoms with Gasteiger partial charge in [-0.15, -0.1) is 0 Å². The number of rotatable bonds is 1. The Labute approximate surface area is 161 Å². The van der Waals surface area contributed by atoms with E-state index in [4.69, 9.17) is 23.2 Å². The molecule has 0 saturated heterocycles. The SMILES string of the molecule is C[C@@H]1Cc2nn3c(c2CN1C(=O)c1ccc(Cl)c(Cl)c1)C(=O)NC[C@H]3C. The summed E-state index contributed by atoms with van der Waals surface area (Å²) in [6.07, 6.45) is 0.613. The molecule has 0 unspecified atom stereocenters. The Hall–Kier alpha value is -2.05. The third-order valence-electron chi connectivity index (χ3n) is 5.06. The Morgan fingerprint density at radius 2 is 2.00 bits per heavy atom. The molecule has 0 bridgehead atoms. The molecule has 0 fully saturated rings. The summed E-state index contributed by atoms with van der Waals surface area (Å²) in [4.78, 5) is 27.1. The van der Waals surface area contributed by atoms with Gasteiger partial charge in [0.25, 0.3) is 11.8 Å². The van der Waals surface area contributed by atoms with Crippen molar-refractivity contribution in [3.63, 3.8) is 0 Å². The Balaban J connectivity index is 1.70. The van der Waals surface area contributed by atoms with Gasteiger partial charge in [0.1, 0.15) is 5.69 Å². The molecule has 0 radical (unpaired) electrons. The van der Waals surface area contributed by atoms with Crippen molar-refractivity contribution in [3.8, 4) is 0 Å². The number of carbonyl (C=O) groups is 2. The smallest absolute Gasteiger partial charge is 0.270 e. The number of carbonyl (C=O) groups excluding carboxylic acids is 2. The van der Waals surface area contributed by atoms with Crippen LogP contribution in [-0.4, -0.2) is 39.1 Å². The Bertz CT molecular complexity index is 924. The Kier molecular flexibility index (Phi) is 4.20. The Morgan fingerprint density at radius 1 is 1.23 bits per heavy atom. The number of nitrogens with one attached hydrogen (secondary N) is 1. The van der Waals surface area contributed by atoms with E-state index in [1.54, 1.807) is 27.8 Å². The fourth-order valence-electron chi connectivity index (χ4n) is 3.60. The molecular formula is C18H18Cl2N4O2. The van der Waals surface area contributed by atoms with E-state index >= 15 is 0 Å². The lowest BCUT2D eigenvalue weighted by Crippen LogP contribution is -2.43. The molecule has 6 nitrogen and oxygen atoms in total. The highest BCUT2D eigenvalue weighted by Gasteiger charge is 2.36. The zero-order valence-electron chi connectivity index (χ0n) is 14.4. The Morgan fingerprint density at radius 3 is 2.73 bits per heavy atom. The number of aromatic nitrogens is 2. The van der Waals surface area contributed by atoms with Crippen molar-refractivity contribution in [2.24, 2.45) is 0 Å². The van der Waals surface area contributed by atoms with Gasteiger partial charge >= 0.3 is 0 Å². The highest BCUT2D eigenvalue weighted by atomic mass is 35.5. The third kappa shape index (κ3) is 2.68. The van der Waals surface area contributed by atoms with Crippen molar-refractivity contribution < 1.29 is 9.59 Å². The van der Waals surface area contributed by atoms with Gasteiger partial charge in [-0.25, -0.2) is 0 Å². The van der Waals surface area contributed by atoms with E-state index in [2.05, 4.69) is 10.4 Å². The molecule has 136 valence electrons. The second-order valence-electron chi connectivity index (χ2n) is 6.89. The van der Waals surface area contributed by atoms with Crippen LogP contribution >= 0.6 is 23.2 Å². The van der Waals surface area contributed by atoms with Crippen LogP contribution < -0.4 is 5.32 Å². The molecule has 0 aliphatic carbocycles. The van der Waals surface area contributed by atoms with E-state index in [-0.39, 0.29) is 23.9 Å². The molecule has 1 aromatic heterocycles. The molecule has 2 aliphatic rings. The topological polar surface area (TPSA) is 67.2 Å². The number of halogens is 2. The van der Waals surface area contributed by atoms with Gasteiger partial charge in [-0.1, -0.05) is 23.2 Å². The molecule has 4 rings (SSSR count). The van der Waals surface area contributed by atoms with Crippen LogP contribution in [-0.2, 0) is 13.0 Å². The second-order valence-corrected chi connectivity index (χ2v) is 7.71. The summed E-state index contributed by atoms with van der Waals surface area (Å²) in [5.41, 5.74) is 2.78. The van der Waals surface area contributed by atoms with Crippen LogP contribution in [0.1, 0.15) is 52.0 Å². The zero-order valence-corrected chi connectivity index (χ0v) is 15.9. The maximum absolute atomic E-state index is 13.0. The summed E-state index contributed by atoms with van der Waals surface area (Å²) < 4.78 is 1.79. The van der Waals surface area contributed by atoms with Crippen molar-refractivity contribution in [1.29, 1.82) is 0 Å². The average molecular weight is 393 g/mol. The van der Waals surface area contributed by atoms with E-state index in [1.807, 2.05) is 13.8 Å². The first-order chi connectivity index (χ1) is 12.4. The second kappa shape index (κ2) is 6.28. The minimum absolute atomic E-state index is 0.0280. The van der Waals surface area contributed by atoms with Crippen molar-refractivity contribution >= 4 is 35.0 Å². The molecule has 26 heavy (non-hydrogen) atoms. The van der Waals surface area contributed by atoms with Gasteiger partial charge < -0.3 is 10.2 Å². The van der Waals surface area contributed by atoms with Gasteiger partial charge in [0, 0.05) is 30.1 Å². The van der Waals surface area contributed by atoms with Crippen LogP contribution in [0.15, 0.2) is 18.2 Å². The van der Waals surface area contributed by atoms with E-state index < -0.39 is 0 Å². The monoisotopic (exact) mass is 392 g/mol. The molecule has 1 aromatic carbocycles. The lowest BCUT2D eigenvalue weighted by Gasteiger charge is -2.33. The predicted octanol–water partition coefficient (Wildman–Crippen LogP) is 3.08. The highest BCUT2D eigenvalue weighted by molar-refractivity contribution is 6.42.